The lowest BCUT2D eigenvalue weighted by Crippen LogP contribution is -2.32. The Morgan fingerprint density at radius 1 is 1.16 bits per heavy atom. The van der Waals surface area contributed by atoms with Crippen LogP contribution in [-0.2, 0) is 0 Å². The highest BCUT2D eigenvalue weighted by atomic mass is 32.2. The van der Waals surface area contributed by atoms with E-state index in [2.05, 4.69) is 0 Å². The number of rotatable bonds is 3. The molecule has 0 amide bonds. The van der Waals surface area contributed by atoms with Gasteiger partial charge in [0.2, 0.25) is 0 Å². The predicted octanol–water partition coefficient (Wildman–Crippen LogP) is 3.82. The van der Waals surface area contributed by atoms with Crippen LogP contribution < -0.4 is 0 Å². The molecule has 19 heavy (non-hydrogen) atoms. The predicted molar refractivity (Wildman–Crippen MR) is 63.8 cm³/mol. The molecule has 0 bridgehead atoms. The van der Waals surface area contributed by atoms with Crippen LogP contribution in [0.25, 0.3) is 0 Å². The number of hydrogen-bond acceptors (Lipinski definition) is 2. The van der Waals surface area contributed by atoms with E-state index < -0.39 is 23.2 Å². The fourth-order valence-corrected chi connectivity index (χ4v) is 1.92. The first-order valence-corrected chi connectivity index (χ1v) is 5.86. The van der Waals surface area contributed by atoms with E-state index in [4.69, 9.17) is 5.41 Å². The summed E-state index contributed by atoms with van der Waals surface area (Å²) in [4.78, 5) is 1.18. The SMILES string of the molecule is CN(C)C(=N)c1cccc(SC(F)(F)C(F)(F)F)c1. The third-order valence-electron chi connectivity index (χ3n) is 2.13. The van der Waals surface area contributed by atoms with Crippen LogP contribution in [0.1, 0.15) is 5.56 Å². The van der Waals surface area contributed by atoms with Crippen LogP contribution in [0, 0.1) is 5.41 Å². The lowest BCUT2D eigenvalue weighted by atomic mass is 10.2. The fraction of sp³-hybridized carbons (Fsp3) is 0.364. The maximum atomic E-state index is 12.9. The van der Waals surface area contributed by atoms with Gasteiger partial charge in [0, 0.05) is 24.6 Å². The summed E-state index contributed by atoms with van der Waals surface area (Å²) in [7, 11) is 3.15. The summed E-state index contributed by atoms with van der Waals surface area (Å²) in [6.45, 7) is 0. The summed E-state index contributed by atoms with van der Waals surface area (Å²) in [6, 6.07) is 5.09. The molecule has 0 aliphatic heterocycles. The standard InChI is InChI=1S/C11H11F5N2S/c1-18(2)9(17)7-4-3-5-8(6-7)19-11(15,16)10(12,13)14/h3-6,17H,1-2H3. The number of alkyl halides is 5. The molecule has 106 valence electrons. The fourth-order valence-electron chi connectivity index (χ4n) is 1.17. The topological polar surface area (TPSA) is 27.1 Å². The van der Waals surface area contributed by atoms with E-state index in [1.807, 2.05) is 0 Å². The second-order valence-corrected chi connectivity index (χ2v) is 5.08. The van der Waals surface area contributed by atoms with Crippen molar-refractivity contribution >= 4 is 17.6 Å². The number of nitrogens with one attached hydrogen (secondary N) is 1. The first-order valence-electron chi connectivity index (χ1n) is 5.04. The van der Waals surface area contributed by atoms with Gasteiger partial charge in [-0.05, 0) is 23.9 Å². The van der Waals surface area contributed by atoms with Crippen molar-refractivity contribution in [2.24, 2.45) is 0 Å². The molecular formula is C11H11F5N2S. The molecule has 0 unspecified atom stereocenters. The largest absolute Gasteiger partial charge is 0.464 e. The average molecular weight is 298 g/mol. The van der Waals surface area contributed by atoms with Gasteiger partial charge in [-0.2, -0.15) is 22.0 Å². The van der Waals surface area contributed by atoms with Crippen LogP contribution in [0.4, 0.5) is 22.0 Å². The zero-order chi connectivity index (χ0) is 14.8. The molecular weight excluding hydrogens is 287 g/mol. The minimum atomic E-state index is -5.61. The summed E-state index contributed by atoms with van der Waals surface area (Å²) in [5, 5.41) is 2.79. The van der Waals surface area contributed by atoms with Crippen molar-refractivity contribution in [1.82, 2.24) is 4.90 Å². The minimum absolute atomic E-state index is 0.0257. The Hall–Kier alpha value is -1.31. The Morgan fingerprint density at radius 2 is 1.74 bits per heavy atom. The smallest absolute Gasteiger partial charge is 0.363 e. The van der Waals surface area contributed by atoms with Crippen LogP contribution in [0.15, 0.2) is 29.2 Å². The van der Waals surface area contributed by atoms with Crippen LogP contribution in [-0.4, -0.2) is 36.3 Å². The van der Waals surface area contributed by atoms with Gasteiger partial charge < -0.3 is 4.90 Å². The van der Waals surface area contributed by atoms with Gasteiger partial charge in [-0.25, -0.2) is 0 Å². The maximum absolute atomic E-state index is 12.9. The zero-order valence-electron chi connectivity index (χ0n) is 10.1. The van der Waals surface area contributed by atoms with E-state index >= 15 is 0 Å². The van der Waals surface area contributed by atoms with E-state index in [9.17, 15) is 22.0 Å². The molecule has 0 aromatic heterocycles. The molecule has 0 fully saturated rings. The quantitative estimate of drug-likeness (QED) is 0.397. The lowest BCUT2D eigenvalue weighted by Gasteiger charge is -2.19. The Morgan fingerprint density at radius 3 is 2.21 bits per heavy atom. The van der Waals surface area contributed by atoms with Crippen LogP contribution >= 0.6 is 11.8 Å². The number of benzene rings is 1. The molecule has 0 aliphatic rings. The second-order valence-electron chi connectivity index (χ2n) is 3.89. The molecule has 0 atom stereocenters. The Kier molecular flexibility index (Phi) is 4.44. The Bertz CT molecular complexity index is 470. The molecule has 1 N–H and O–H groups in total. The molecule has 2 nitrogen and oxygen atoms in total. The monoisotopic (exact) mass is 298 g/mol. The molecule has 0 aliphatic carbocycles. The van der Waals surface area contributed by atoms with Crippen molar-refractivity contribution in [2.75, 3.05) is 14.1 Å². The highest BCUT2D eigenvalue weighted by Crippen LogP contribution is 2.47. The first-order chi connectivity index (χ1) is 8.54. The molecule has 1 rings (SSSR count). The van der Waals surface area contributed by atoms with Crippen molar-refractivity contribution in [1.29, 1.82) is 5.41 Å². The van der Waals surface area contributed by atoms with Crippen molar-refractivity contribution in [3.8, 4) is 0 Å². The first kappa shape index (κ1) is 15.7. The van der Waals surface area contributed by atoms with Crippen molar-refractivity contribution in [3.63, 3.8) is 0 Å². The van der Waals surface area contributed by atoms with Crippen LogP contribution in [0.5, 0.6) is 0 Å². The van der Waals surface area contributed by atoms with Gasteiger partial charge >= 0.3 is 11.4 Å². The number of nitrogens with zero attached hydrogens (tertiary/aromatic N) is 1. The van der Waals surface area contributed by atoms with Gasteiger partial charge in [0.1, 0.15) is 5.84 Å². The van der Waals surface area contributed by atoms with E-state index in [1.165, 1.54) is 17.0 Å². The molecule has 0 saturated heterocycles. The minimum Gasteiger partial charge on any atom is -0.363 e. The average Bonchev–Trinajstić information content (AvgIpc) is 2.26. The van der Waals surface area contributed by atoms with E-state index in [0.29, 0.717) is 0 Å². The highest BCUT2D eigenvalue weighted by Gasteiger charge is 2.58. The number of thioether (sulfide) groups is 1. The maximum Gasteiger partial charge on any atom is 0.464 e. The number of hydrogen-bond donors (Lipinski definition) is 1. The molecule has 0 radical (unpaired) electrons. The van der Waals surface area contributed by atoms with E-state index in [1.54, 1.807) is 14.1 Å². The molecule has 1 aromatic rings. The summed E-state index contributed by atoms with van der Waals surface area (Å²) < 4.78 is 62.0. The van der Waals surface area contributed by atoms with E-state index in [-0.39, 0.29) is 16.3 Å². The summed E-state index contributed by atoms with van der Waals surface area (Å²) in [5.74, 6) is 0.0257. The Balaban J connectivity index is 2.99. The molecule has 0 spiro atoms. The lowest BCUT2D eigenvalue weighted by molar-refractivity contribution is -0.237. The molecule has 8 heteroatoms. The third-order valence-corrected chi connectivity index (χ3v) is 3.11. The van der Waals surface area contributed by atoms with Crippen molar-refractivity contribution in [3.05, 3.63) is 29.8 Å². The van der Waals surface area contributed by atoms with Gasteiger partial charge in [-0.1, -0.05) is 12.1 Å². The molecule has 0 heterocycles. The van der Waals surface area contributed by atoms with Crippen molar-refractivity contribution in [2.45, 2.75) is 16.3 Å². The van der Waals surface area contributed by atoms with Gasteiger partial charge in [0.05, 0.1) is 0 Å². The van der Waals surface area contributed by atoms with Gasteiger partial charge in [-0.15, -0.1) is 0 Å². The number of amidine groups is 1. The van der Waals surface area contributed by atoms with Crippen LogP contribution in [0.2, 0.25) is 0 Å². The van der Waals surface area contributed by atoms with E-state index in [0.717, 1.165) is 12.1 Å². The number of halogens is 5. The Labute approximate surface area is 111 Å². The second kappa shape index (κ2) is 5.36. The van der Waals surface area contributed by atoms with Gasteiger partial charge in [-0.3, -0.25) is 5.41 Å². The molecule has 0 saturated carbocycles. The molecule has 1 aromatic carbocycles. The summed E-state index contributed by atoms with van der Waals surface area (Å²) in [5.41, 5.74) is 0.271. The summed E-state index contributed by atoms with van der Waals surface area (Å²) in [6.07, 6.45) is -5.61. The van der Waals surface area contributed by atoms with Crippen molar-refractivity contribution < 1.29 is 22.0 Å². The van der Waals surface area contributed by atoms with Crippen LogP contribution in [0.3, 0.4) is 0 Å². The summed E-state index contributed by atoms with van der Waals surface area (Å²) >= 11 is -0.577. The highest BCUT2D eigenvalue weighted by molar-refractivity contribution is 8.00. The van der Waals surface area contributed by atoms with Gasteiger partial charge in [0.25, 0.3) is 0 Å². The third kappa shape index (κ3) is 3.82. The normalized spacial score (nSPS) is 12.4. The zero-order valence-corrected chi connectivity index (χ0v) is 10.9. The van der Waals surface area contributed by atoms with Gasteiger partial charge in [0.15, 0.2) is 0 Å².